The average molecular weight is 266 g/mol. The third-order valence-corrected chi connectivity index (χ3v) is 2.45. The number of aliphatic hydroxyl groups excluding tert-OH is 1. The van der Waals surface area contributed by atoms with E-state index >= 15 is 0 Å². The first kappa shape index (κ1) is 10.8. The summed E-state index contributed by atoms with van der Waals surface area (Å²) in [5, 5.41) is 19.2. The summed E-state index contributed by atoms with van der Waals surface area (Å²) in [7, 11) is 0. The Morgan fingerprint density at radius 2 is 2.15 bits per heavy atom. The predicted octanol–water partition coefficient (Wildman–Crippen LogP) is 2.73. The van der Waals surface area contributed by atoms with Crippen molar-refractivity contribution in [2.45, 2.75) is 19.4 Å². The molecule has 0 amide bonds. The highest BCUT2D eigenvalue weighted by Crippen LogP contribution is 2.32. The SMILES string of the molecule is CC(O)Cc1cc(Cl)cc(Br)c1O. The molecule has 0 saturated heterocycles. The highest BCUT2D eigenvalue weighted by molar-refractivity contribution is 9.10. The molecule has 0 bridgehead atoms. The molecule has 2 N–H and O–H groups in total. The van der Waals surface area contributed by atoms with Crippen molar-refractivity contribution in [3.05, 3.63) is 27.2 Å². The van der Waals surface area contributed by atoms with Gasteiger partial charge in [-0.1, -0.05) is 11.6 Å². The van der Waals surface area contributed by atoms with Crippen LogP contribution in [0.2, 0.25) is 5.02 Å². The Balaban J connectivity index is 3.05. The molecule has 0 spiro atoms. The van der Waals surface area contributed by atoms with Gasteiger partial charge in [0, 0.05) is 11.4 Å². The van der Waals surface area contributed by atoms with Crippen molar-refractivity contribution in [3.8, 4) is 5.75 Å². The number of rotatable bonds is 2. The van der Waals surface area contributed by atoms with Crippen LogP contribution in [0.15, 0.2) is 16.6 Å². The van der Waals surface area contributed by atoms with E-state index < -0.39 is 6.10 Å². The maximum atomic E-state index is 9.55. The van der Waals surface area contributed by atoms with Gasteiger partial charge in [0.25, 0.3) is 0 Å². The fourth-order valence-corrected chi connectivity index (χ4v) is 1.97. The van der Waals surface area contributed by atoms with Gasteiger partial charge in [-0.05, 0) is 40.5 Å². The van der Waals surface area contributed by atoms with Crippen molar-refractivity contribution in [3.63, 3.8) is 0 Å². The molecule has 0 aromatic heterocycles. The molecule has 0 heterocycles. The van der Waals surface area contributed by atoms with E-state index in [2.05, 4.69) is 15.9 Å². The minimum Gasteiger partial charge on any atom is -0.506 e. The van der Waals surface area contributed by atoms with Crippen LogP contribution in [0.5, 0.6) is 5.75 Å². The monoisotopic (exact) mass is 264 g/mol. The first-order chi connectivity index (χ1) is 6.00. The fourth-order valence-electron chi connectivity index (χ4n) is 1.09. The second-order valence-corrected chi connectivity index (χ2v) is 4.24. The third-order valence-electron chi connectivity index (χ3n) is 1.62. The van der Waals surface area contributed by atoms with Crippen molar-refractivity contribution >= 4 is 27.5 Å². The third kappa shape index (κ3) is 2.86. The molecule has 0 fully saturated rings. The largest absolute Gasteiger partial charge is 0.506 e. The Kier molecular flexibility index (Phi) is 3.59. The second kappa shape index (κ2) is 4.31. The molecule has 0 aliphatic rings. The number of phenolic OH excluding ortho intramolecular Hbond substituents is 1. The Labute approximate surface area is 90.3 Å². The number of aliphatic hydroxyl groups is 1. The molecular formula is C9H10BrClO2. The second-order valence-electron chi connectivity index (χ2n) is 2.95. The van der Waals surface area contributed by atoms with Crippen molar-refractivity contribution in [1.29, 1.82) is 0 Å². The lowest BCUT2D eigenvalue weighted by Gasteiger charge is -2.08. The van der Waals surface area contributed by atoms with Gasteiger partial charge in [-0.3, -0.25) is 0 Å². The molecule has 72 valence electrons. The van der Waals surface area contributed by atoms with Crippen LogP contribution in [-0.2, 0) is 6.42 Å². The quantitative estimate of drug-likeness (QED) is 0.863. The summed E-state index contributed by atoms with van der Waals surface area (Å²) in [5.41, 5.74) is 0.648. The van der Waals surface area contributed by atoms with Gasteiger partial charge in [0.1, 0.15) is 5.75 Å². The van der Waals surface area contributed by atoms with Crippen LogP contribution in [0.1, 0.15) is 12.5 Å². The fraction of sp³-hybridized carbons (Fsp3) is 0.333. The van der Waals surface area contributed by atoms with E-state index in [9.17, 15) is 5.11 Å². The zero-order chi connectivity index (χ0) is 10.0. The molecule has 1 aromatic rings. The van der Waals surface area contributed by atoms with Crippen molar-refractivity contribution in [1.82, 2.24) is 0 Å². The maximum absolute atomic E-state index is 9.55. The van der Waals surface area contributed by atoms with E-state index in [0.29, 0.717) is 21.5 Å². The van der Waals surface area contributed by atoms with Gasteiger partial charge in [-0.15, -0.1) is 0 Å². The van der Waals surface area contributed by atoms with Gasteiger partial charge < -0.3 is 10.2 Å². The average Bonchev–Trinajstić information content (AvgIpc) is 1.98. The molecule has 0 saturated carbocycles. The molecule has 1 atom stereocenters. The highest BCUT2D eigenvalue weighted by atomic mass is 79.9. The lowest BCUT2D eigenvalue weighted by Crippen LogP contribution is -2.04. The molecule has 13 heavy (non-hydrogen) atoms. The van der Waals surface area contributed by atoms with E-state index in [1.54, 1.807) is 19.1 Å². The molecule has 0 aliphatic heterocycles. The number of hydrogen-bond acceptors (Lipinski definition) is 2. The first-order valence-corrected chi connectivity index (χ1v) is 5.02. The Hall–Kier alpha value is -0.250. The predicted molar refractivity (Wildman–Crippen MR) is 56.2 cm³/mol. The zero-order valence-electron chi connectivity index (χ0n) is 7.09. The minimum absolute atomic E-state index is 0.144. The van der Waals surface area contributed by atoms with Crippen LogP contribution < -0.4 is 0 Å². The van der Waals surface area contributed by atoms with Gasteiger partial charge in [0.05, 0.1) is 10.6 Å². The van der Waals surface area contributed by atoms with Crippen LogP contribution in [-0.4, -0.2) is 16.3 Å². The summed E-state index contributed by atoms with van der Waals surface area (Å²) in [6, 6.07) is 3.26. The number of aromatic hydroxyl groups is 1. The van der Waals surface area contributed by atoms with Crippen LogP contribution in [0, 0.1) is 0 Å². The molecule has 4 heteroatoms. The summed E-state index contributed by atoms with van der Waals surface area (Å²) in [5.74, 6) is 0.144. The van der Waals surface area contributed by atoms with E-state index in [4.69, 9.17) is 16.7 Å². The summed E-state index contributed by atoms with van der Waals surface area (Å²) in [6.45, 7) is 1.66. The number of hydrogen-bond donors (Lipinski definition) is 2. The maximum Gasteiger partial charge on any atom is 0.133 e. The van der Waals surface area contributed by atoms with Crippen molar-refractivity contribution in [2.24, 2.45) is 0 Å². The first-order valence-electron chi connectivity index (χ1n) is 3.85. The van der Waals surface area contributed by atoms with Crippen LogP contribution in [0.25, 0.3) is 0 Å². The van der Waals surface area contributed by atoms with Gasteiger partial charge >= 0.3 is 0 Å². The Morgan fingerprint density at radius 1 is 1.54 bits per heavy atom. The summed E-state index contributed by atoms with van der Waals surface area (Å²) < 4.78 is 0.552. The summed E-state index contributed by atoms with van der Waals surface area (Å²) >= 11 is 8.95. The molecule has 1 rings (SSSR count). The highest BCUT2D eigenvalue weighted by Gasteiger charge is 2.09. The molecule has 0 radical (unpaired) electrons. The Morgan fingerprint density at radius 3 is 2.69 bits per heavy atom. The van der Waals surface area contributed by atoms with E-state index in [1.165, 1.54) is 0 Å². The van der Waals surface area contributed by atoms with Crippen LogP contribution >= 0.6 is 27.5 Å². The summed E-state index contributed by atoms with van der Waals surface area (Å²) in [4.78, 5) is 0. The number of halogens is 2. The molecular weight excluding hydrogens is 255 g/mol. The van der Waals surface area contributed by atoms with Gasteiger partial charge in [0.2, 0.25) is 0 Å². The number of phenols is 1. The van der Waals surface area contributed by atoms with Gasteiger partial charge in [-0.2, -0.15) is 0 Å². The van der Waals surface area contributed by atoms with Crippen molar-refractivity contribution < 1.29 is 10.2 Å². The van der Waals surface area contributed by atoms with Gasteiger partial charge in [-0.25, -0.2) is 0 Å². The van der Waals surface area contributed by atoms with E-state index in [1.807, 2.05) is 0 Å². The minimum atomic E-state index is -0.490. The van der Waals surface area contributed by atoms with Crippen LogP contribution in [0.3, 0.4) is 0 Å². The molecule has 1 unspecified atom stereocenters. The smallest absolute Gasteiger partial charge is 0.133 e. The zero-order valence-corrected chi connectivity index (χ0v) is 9.43. The topological polar surface area (TPSA) is 40.5 Å². The standard InChI is InChI=1S/C9H10BrClO2/c1-5(12)2-6-3-7(11)4-8(10)9(6)13/h3-5,12-13H,2H2,1H3. The molecule has 2 nitrogen and oxygen atoms in total. The summed E-state index contributed by atoms with van der Waals surface area (Å²) in [6.07, 6.45) is -0.0957. The van der Waals surface area contributed by atoms with E-state index in [0.717, 1.165) is 0 Å². The number of benzene rings is 1. The molecule has 0 aliphatic carbocycles. The Bertz CT molecular complexity index is 313. The lowest BCUT2D eigenvalue weighted by atomic mass is 10.1. The van der Waals surface area contributed by atoms with Crippen LogP contribution in [0.4, 0.5) is 0 Å². The van der Waals surface area contributed by atoms with Gasteiger partial charge in [0.15, 0.2) is 0 Å². The lowest BCUT2D eigenvalue weighted by molar-refractivity contribution is 0.194. The molecule has 1 aromatic carbocycles. The van der Waals surface area contributed by atoms with Crippen molar-refractivity contribution in [2.75, 3.05) is 0 Å². The van der Waals surface area contributed by atoms with E-state index in [-0.39, 0.29) is 5.75 Å². The normalized spacial score (nSPS) is 12.9.